The fourth-order valence-corrected chi connectivity index (χ4v) is 4.76. The predicted molar refractivity (Wildman–Crippen MR) is 145 cm³/mol. The molecular formula is C27H20N6O3S. The summed E-state index contributed by atoms with van der Waals surface area (Å²) in [5.41, 5.74) is 4.45. The number of H-pyrrole nitrogens is 2. The van der Waals surface area contributed by atoms with Crippen LogP contribution in [0.1, 0.15) is 0 Å². The highest BCUT2D eigenvalue weighted by Gasteiger charge is 2.23. The fourth-order valence-electron chi connectivity index (χ4n) is 4.26. The van der Waals surface area contributed by atoms with Crippen LogP contribution in [0.15, 0.2) is 94.5 Å². The number of nitrogens with one attached hydrogen (secondary N) is 3. The van der Waals surface area contributed by atoms with Gasteiger partial charge in [-0.15, -0.1) is 5.10 Å². The van der Waals surface area contributed by atoms with Gasteiger partial charge in [0.05, 0.1) is 23.9 Å². The third kappa shape index (κ3) is 4.09. The molecule has 182 valence electrons. The van der Waals surface area contributed by atoms with Gasteiger partial charge in [-0.05, 0) is 34.6 Å². The molecule has 3 aromatic heterocycles. The molecule has 0 aliphatic heterocycles. The molecule has 3 heterocycles. The van der Waals surface area contributed by atoms with E-state index in [1.807, 2.05) is 60.7 Å². The first kappa shape index (κ1) is 22.5. The van der Waals surface area contributed by atoms with E-state index in [2.05, 4.69) is 20.6 Å². The van der Waals surface area contributed by atoms with Gasteiger partial charge in [0, 0.05) is 5.56 Å². The van der Waals surface area contributed by atoms with Gasteiger partial charge in [0.2, 0.25) is 5.13 Å². The number of aromatic amines is 2. The predicted octanol–water partition coefficient (Wildman–Crippen LogP) is 4.92. The minimum absolute atomic E-state index is 0.286. The van der Waals surface area contributed by atoms with E-state index in [-0.39, 0.29) is 16.3 Å². The Kier molecular flexibility index (Phi) is 5.62. The molecule has 0 spiro atoms. The van der Waals surface area contributed by atoms with Crippen LogP contribution in [0.4, 0.5) is 10.9 Å². The monoisotopic (exact) mass is 508 g/mol. The van der Waals surface area contributed by atoms with Crippen molar-refractivity contribution < 1.29 is 4.74 Å². The minimum Gasteiger partial charge on any atom is -0.497 e. The Labute approximate surface area is 214 Å². The molecule has 0 aliphatic carbocycles. The molecule has 0 fully saturated rings. The summed E-state index contributed by atoms with van der Waals surface area (Å²) in [5, 5.41) is 13.1. The molecule has 37 heavy (non-hydrogen) atoms. The Morgan fingerprint density at radius 3 is 2.11 bits per heavy atom. The van der Waals surface area contributed by atoms with E-state index in [4.69, 9.17) is 9.72 Å². The van der Waals surface area contributed by atoms with Gasteiger partial charge in [0.1, 0.15) is 11.6 Å². The summed E-state index contributed by atoms with van der Waals surface area (Å²) >= 11 is 0.896. The summed E-state index contributed by atoms with van der Waals surface area (Å²) in [5.74, 6) is 0.948. The lowest BCUT2D eigenvalue weighted by molar-refractivity contribution is 0.415. The van der Waals surface area contributed by atoms with Gasteiger partial charge in [-0.2, -0.15) is 4.52 Å². The molecule has 6 aromatic rings. The number of hydrogen-bond donors (Lipinski definition) is 3. The van der Waals surface area contributed by atoms with Crippen LogP contribution in [-0.4, -0.2) is 31.9 Å². The van der Waals surface area contributed by atoms with Gasteiger partial charge in [-0.3, -0.25) is 14.7 Å². The smallest absolute Gasteiger partial charge is 0.324 e. The van der Waals surface area contributed by atoms with Crippen molar-refractivity contribution in [1.82, 2.24) is 24.8 Å². The molecule has 6 rings (SSSR count). The summed E-state index contributed by atoms with van der Waals surface area (Å²) in [7, 11) is 1.58. The molecule has 9 nitrogen and oxygen atoms in total. The molecule has 0 unspecified atom stereocenters. The van der Waals surface area contributed by atoms with Gasteiger partial charge >= 0.3 is 4.87 Å². The van der Waals surface area contributed by atoms with E-state index in [0.717, 1.165) is 33.7 Å². The summed E-state index contributed by atoms with van der Waals surface area (Å²) in [6.45, 7) is 0. The molecule has 0 bridgehead atoms. The van der Waals surface area contributed by atoms with E-state index in [1.165, 1.54) is 4.52 Å². The third-order valence-electron chi connectivity index (χ3n) is 5.95. The van der Waals surface area contributed by atoms with Crippen LogP contribution in [0.3, 0.4) is 0 Å². The molecule has 0 aliphatic rings. The third-order valence-corrected chi connectivity index (χ3v) is 6.61. The van der Waals surface area contributed by atoms with Gasteiger partial charge < -0.3 is 10.1 Å². The lowest BCUT2D eigenvalue weighted by Gasteiger charge is -2.11. The first-order chi connectivity index (χ1) is 18.1. The lowest BCUT2D eigenvalue weighted by atomic mass is 10.0. The number of methoxy groups -OCH3 is 1. The van der Waals surface area contributed by atoms with Crippen LogP contribution in [0.5, 0.6) is 5.75 Å². The Balaban J connectivity index is 1.68. The lowest BCUT2D eigenvalue weighted by Crippen LogP contribution is -2.19. The molecule has 0 saturated carbocycles. The average Bonchev–Trinajstić information content (AvgIpc) is 3.53. The fraction of sp³-hybridized carbons (Fsp3) is 0.0370. The van der Waals surface area contributed by atoms with Crippen molar-refractivity contribution in [3.8, 4) is 39.3 Å². The van der Waals surface area contributed by atoms with Crippen LogP contribution in [0, 0.1) is 0 Å². The highest BCUT2D eigenvalue weighted by atomic mass is 32.1. The van der Waals surface area contributed by atoms with E-state index in [1.54, 1.807) is 31.4 Å². The number of hydrogen-bond acceptors (Lipinski definition) is 7. The molecule has 0 radical (unpaired) electrons. The number of benzene rings is 3. The van der Waals surface area contributed by atoms with E-state index in [0.29, 0.717) is 27.7 Å². The number of anilines is 2. The van der Waals surface area contributed by atoms with E-state index >= 15 is 0 Å². The van der Waals surface area contributed by atoms with Crippen LogP contribution in [-0.2, 0) is 0 Å². The van der Waals surface area contributed by atoms with Crippen LogP contribution >= 0.6 is 11.3 Å². The maximum absolute atomic E-state index is 14.1. The Hall–Kier alpha value is -4.96. The Morgan fingerprint density at radius 1 is 0.838 bits per heavy atom. The second-order valence-electron chi connectivity index (χ2n) is 8.17. The SMILES string of the molecule is COc1ccc(-c2c(Nc3n[nH]c(=O)s3)nc3c(-c4ccccc4)c(-c4ccccc4)[nH]n3c2=O)cc1. The van der Waals surface area contributed by atoms with Gasteiger partial charge in [0.15, 0.2) is 5.65 Å². The van der Waals surface area contributed by atoms with E-state index in [9.17, 15) is 9.59 Å². The molecule has 0 atom stereocenters. The second-order valence-corrected chi connectivity index (χ2v) is 9.13. The number of nitrogens with zero attached hydrogens (tertiary/aromatic N) is 3. The first-order valence-corrected chi connectivity index (χ1v) is 12.2. The quantitative estimate of drug-likeness (QED) is 0.294. The maximum atomic E-state index is 14.1. The molecular weight excluding hydrogens is 488 g/mol. The number of ether oxygens (including phenoxy) is 1. The highest BCUT2D eigenvalue weighted by Crippen LogP contribution is 2.36. The first-order valence-electron chi connectivity index (χ1n) is 11.4. The number of fused-ring (bicyclic) bond motifs is 1. The largest absolute Gasteiger partial charge is 0.497 e. The topological polar surface area (TPSA) is 117 Å². The van der Waals surface area contributed by atoms with Crippen molar-refractivity contribution in [2.45, 2.75) is 0 Å². The summed E-state index contributed by atoms with van der Waals surface area (Å²) in [4.78, 5) is 30.4. The molecule has 10 heteroatoms. The normalized spacial score (nSPS) is 11.1. The molecule has 3 aromatic carbocycles. The van der Waals surface area contributed by atoms with Crippen molar-refractivity contribution >= 4 is 27.9 Å². The number of rotatable bonds is 6. The van der Waals surface area contributed by atoms with Gasteiger partial charge in [-0.25, -0.2) is 10.1 Å². The van der Waals surface area contributed by atoms with Crippen molar-refractivity contribution in [2.24, 2.45) is 0 Å². The standard InChI is InChI=1S/C27H20N6O3S/c1-36-19-14-12-17(13-15-19)21-23(29-26-30-31-27(35)37-26)28-24-20(16-8-4-2-5-9-16)22(32-33(24)25(21)34)18-10-6-3-7-11-18/h2-15,32H,1H3,(H,29,30)(H,31,35). The second kappa shape index (κ2) is 9.25. The van der Waals surface area contributed by atoms with Crippen molar-refractivity contribution in [3.05, 3.63) is 105 Å². The summed E-state index contributed by atoms with van der Waals surface area (Å²) in [6.07, 6.45) is 0. The van der Waals surface area contributed by atoms with Crippen LogP contribution < -0.4 is 20.5 Å². The van der Waals surface area contributed by atoms with Crippen LogP contribution in [0.2, 0.25) is 0 Å². The van der Waals surface area contributed by atoms with Crippen molar-refractivity contribution in [1.29, 1.82) is 0 Å². The molecule has 3 N–H and O–H groups in total. The zero-order valence-corrected chi connectivity index (χ0v) is 20.4. The minimum atomic E-state index is -0.315. The average molecular weight is 509 g/mol. The van der Waals surface area contributed by atoms with Gasteiger partial charge in [-0.1, -0.05) is 72.8 Å². The van der Waals surface area contributed by atoms with Gasteiger partial charge in [0.25, 0.3) is 5.56 Å². The maximum Gasteiger partial charge on any atom is 0.324 e. The zero-order valence-electron chi connectivity index (χ0n) is 19.6. The Bertz CT molecular complexity index is 1820. The van der Waals surface area contributed by atoms with Crippen LogP contribution in [0.25, 0.3) is 39.2 Å². The molecule has 0 saturated heterocycles. The van der Waals surface area contributed by atoms with Crippen molar-refractivity contribution in [3.63, 3.8) is 0 Å². The Morgan fingerprint density at radius 2 is 1.49 bits per heavy atom. The molecule has 0 amide bonds. The van der Waals surface area contributed by atoms with E-state index < -0.39 is 0 Å². The van der Waals surface area contributed by atoms with Crippen molar-refractivity contribution in [2.75, 3.05) is 12.4 Å². The number of aromatic nitrogens is 5. The summed E-state index contributed by atoms with van der Waals surface area (Å²) < 4.78 is 6.74. The zero-order chi connectivity index (χ0) is 25.4. The summed E-state index contributed by atoms with van der Waals surface area (Å²) in [6, 6.07) is 26.7. The highest BCUT2D eigenvalue weighted by molar-refractivity contribution is 7.13.